The molecule has 0 saturated heterocycles. The van der Waals surface area contributed by atoms with Crippen LogP contribution in [0.3, 0.4) is 0 Å². The van der Waals surface area contributed by atoms with Gasteiger partial charge in [0.25, 0.3) is 11.1 Å². The number of hydrogen-bond donors (Lipinski definition) is 0. The molecule has 4 aromatic rings. The van der Waals surface area contributed by atoms with Crippen molar-refractivity contribution in [3.05, 3.63) is 53.2 Å². The fourth-order valence-electron chi connectivity index (χ4n) is 2.44. The van der Waals surface area contributed by atoms with Gasteiger partial charge in [0.15, 0.2) is 5.82 Å². The predicted molar refractivity (Wildman–Crippen MR) is 106 cm³/mol. The van der Waals surface area contributed by atoms with Gasteiger partial charge in [-0.1, -0.05) is 55.9 Å². The third-order valence-corrected chi connectivity index (χ3v) is 5.60. The molecule has 3 heterocycles. The van der Waals surface area contributed by atoms with Crippen molar-refractivity contribution in [2.24, 2.45) is 0 Å². The summed E-state index contributed by atoms with van der Waals surface area (Å²) in [4.78, 5) is 5.34. The molecular formula is C19H18N4O2S2. The highest BCUT2D eigenvalue weighted by atomic mass is 32.2. The molecule has 0 saturated carbocycles. The van der Waals surface area contributed by atoms with E-state index < -0.39 is 0 Å². The van der Waals surface area contributed by atoms with Crippen LogP contribution >= 0.6 is 23.1 Å². The summed E-state index contributed by atoms with van der Waals surface area (Å²) in [7, 11) is 0. The minimum absolute atomic E-state index is 0.112. The van der Waals surface area contributed by atoms with Crippen molar-refractivity contribution in [1.29, 1.82) is 0 Å². The van der Waals surface area contributed by atoms with Crippen LogP contribution in [0.1, 0.15) is 32.2 Å². The first kappa shape index (κ1) is 17.9. The first-order valence-electron chi connectivity index (χ1n) is 8.43. The SMILES string of the molecule is CC(C)(C)c1ccc(-c2nnc(SCc3noc(-c4cccs4)n3)o2)cc1. The van der Waals surface area contributed by atoms with E-state index in [4.69, 9.17) is 8.94 Å². The van der Waals surface area contributed by atoms with Gasteiger partial charge in [-0.2, -0.15) is 4.98 Å². The van der Waals surface area contributed by atoms with E-state index in [2.05, 4.69) is 53.2 Å². The first-order valence-corrected chi connectivity index (χ1v) is 10.3. The van der Waals surface area contributed by atoms with Crippen LogP contribution in [-0.4, -0.2) is 20.3 Å². The summed E-state index contributed by atoms with van der Waals surface area (Å²) >= 11 is 2.95. The zero-order valence-corrected chi connectivity index (χ0v) is 16.8. The van der Waals surface area contributed by atoms with E-state index in [1.54, 1.807) is 11.3 Å². The van der Waals surface area contributed by atoms with Gasteiger partial charge in [0, 0.05) is 5.56 Å². The Morgan fingerprint density at radius 2 is 1.85 bits per heavy atom. The first-order chi connectivity index (χ1) is 13.0. The van der Waals surface area contributed by atoms with Gasteiger partial charge >= 0.3 is 0 Å². The van der Waals surface area contributed by atoms with Crippen molar-refractivity contribution >= 4 is 23.1 Å². The minimum Gasteiger partial charge on any atom is -0.411 e. The Bertz CT molecular complexity index is 1010. The number of aromatic nitrogens is 4. The molecule has 3 aromatic heterocycles. The van der Waals surface area contributed by atoms with Crippen molar-refractivity contribution < 1.29 is 8.94 Å². The van der Waals surface area contributed by atoms with Crippen LogP contribution in [0.15, 0.2) is 55.9 Å². The Morgan fingerprint density at radius 1 is 1.04 bits per heavy atom. The van der Waals surface area contributed by atoms with Crippen LogP contribution in [0.4, 0.5) is 0 Å². The van der Waals surface area contributed by atoms with Gasteiger partial charge in [-0.3, -0.25) is 0 Å². The van der Waals surface area contributed by atoms with Gasteiger partial charge in [-0.25, -0.2) is 0 Å². The number of thiophene rings is 1. The smallest absolute Gasteiger partial charge is 0.277 e. The molecule has 1 aromatic carbocycles. The highest BCUT2D eigenvalue weighted by Gasteiger charge is 2.16. The molecule has 0 aliphatic heterocycles. The molecule has 0 spiro atoms. The van der Waals surface area contributed by atoms with Gasteiger partial charge in [-0.15, -0.1) is 21.5 Å². The van der Waals surface area contributed by atoms with Crippen LogP contribution in [-0.2, 0) is 11.2 Å². The summed E-state index contributed by atoms with van der Waals surface area (Å²) in [6.45, 7) is 6.56. The number of rotatable bonds is 5. The maximum absolute atomic E-state index is 5.75. The number of benzene rings is 1. The zero-order valence-electron chi connectivity index (χ0n) is 15.2. The molecule has 0 aliphatic carbocycles. The maximum Gasteiger partial charge on any atom is 0.277 e. The Balaban J connectivity index is 1.41. The van der Waals surface area contributed by atoms with Gasteiger partial charge in [-0.05, 0) is 34.6 Å². The van der Waals surface area contributed by atoms with E-state index in [0.717, 1.165) is 10.4 Å². The van der Waals surface area contributed by atoms with Gasteiger partial charge in [0.2, 0.25) is 5.89 Å². The van der Waals surface area contributed by atoms with Crippen LogP contribution < -0.4 is 0 Å². The van der Waals surface area contributed by atoms with Gasteiger partial charge < -0.3 is 8.94 Å². The molecule has 0 amide bonds. The second-order valence-electron chi connectivity index (χ2n) is 6.98. The van der Waals surface area contributed by atoms with E-state index >= 15 is 0 Å². The molecule has 138 valence electrons. The van der Waals surface area contributed by atoms with Gasteiger partial charge in [0.05, 0.1) is 10.6 Å². The fourth-order valence-corrected chi connectivity index (χ4v) is 3.69. The molecule has 0 aliphatic rings. The fraction of sp³-hybridized carbons (Fsp3) is 0.263. The number of thioether (sulfide) groups is 1. The standard InChI is InChI=1S/C19H18N4O2S2/c1-19(2,3)13-8-6-12(7-9-13)16-21-22-18(24-16)27-11-15-20-17(25-23-15)14-5-4-10-26-14/h4-10H,11H2,1-3H3. The molecule has 0 bridgehead atoms. The second-order valence-corrected chi connectivity index (χ2v) is 8.86. The summed E-state index contributed by atoms with van der Waals surface area (Å²) in [5, 5.41) is 14.7. The number of nitrogens with zero attached hydrogens (tertiary/aromatic N) is 4. The monoisotopic (exact) mass is 398 g/mol. The van der Waals surface area contributed by atoms with E-state index in [9.17, 15) is 0 Å². The van der Waals surface area contributed by atoms with E-state index in [1.807, 2.05) is 29.6 Å². The van der Waals surface area contributed by atoms with Crippen LogP contribution in [0.2, 0.25) is 0 Å². The molecule has 4 rings (SSSR count). The summed E-state index contributed by atoms with van der Waals surface area (Å²) < 4.78 is 11.0. The Labute approximate surface area is 165 Å². The largest absolute Gasteiger partial charge is 0.411 e. The molecule has 0 atom stereocenters. The summed E-state index contributed by atoms with van der Waals surface area (Å²) in [6.07, 6.45) is 0. The Morgan fingerprint density at radius 3 is 2.56 bits per heavy atom. The van der Waals surface area contributed by atoms with E-state index in [1.165, 1.54) is 17.3 Å². The van der Waals surface area contributed by atoms with Crippen molar-refractivity contribution in [3.8, 4) is 22.2 Å². The normalized spacial score (nSPS) is 11.8. The molecule has 27 heavy (non-hydrogen) atoms. The number of hydrogen-bond acceptors (Lipinski definition) is 8. The maximum atomic E-state index is 5.75. The van der Waals surface area contributed by atoms with Crippen molar-refractivity contribution in [1.82, 2.24) is 20.3 Å². The highest BCUT2D eigenvalue weighted by molar-refractivity contribution is 7.98. The molecular weight excluding hydrogens is 380 g/mol. The van der Waals surface area contributed by atoms with Gasteiger partial charge in [0.1, 0.15) is 0 Å². The lowest BCUT2D eigenvalue weighted by molar-refractivity contribution is 0.425. The lowest BCUT2D eigenvalue weighted by atomic mass is 9.87. The van der Waals surface area contributed by atoms with Crippen molar-refractivity contribution in [2.75, 3.05) is 0 Å². The Hall–Kier alpha value is -2.45. The minimum atomic E-state index is 0.112. The molecule has 0 fully saturated rings. The lowest BCUT2D eigenvalue weighted by Gasteiger charge is -2.18. The lowest BCUT2D eigenvalue weighted by Crippen LogP contribution is -2.10. The van der Waals surface area contributed by atoms with Crippen LogP contribution in [0.5, 0.6) is 0 Å². The van der Waals surface area contributed by atoms with Crippen molar-refractivity contribution in [3.63, 3.8) is 0 Å². The average Bonchev–Trinajstić information content (AvgIpc) is 3.39. The molecule has 0 N–H and O–H groups in total. The average molecular weight is 399 g/mol. The van der Waals surface area contributed by atoms with Crippen molar-refractivity contribution in [2.45, 2.75) is 37.2 Å². The summed E-state index contributed by atoms with van der Waals surface area (Å²) in [5.74, 6) is 2.13. The molecule has 0 unspecified atom stereocenters. The third kappa shape index (κ3) is 4.12. The molecule has 6 nitrogen and oxygen atoms in total. The Kier molecular flexibility index (Phi) is 4.84. The van der Waals surface area contributed by atoms with E-state index in [0.29, 0.717) is 28.6 Å². The van der Waals surface area contributed by atoms with Crippen LogP contribution in [0.25, 0.3) is 22.2 Å². The quantitative estimate of drug-likeness (QED) is 0.414. The highest BCUT2D eigenvalue weighted by Crippen LogP contribution is 2.29. The summed E-state index contributed by atoms with van der Waals surface area (Å²) in [5.41, 5.74) is 2.28. The zero-order chi connectivity index (χ0) is 18.9. The molecule has 8 heteroatoms. The van der Waals surface area contributed by atoms with E-state index in [-0.39, 0.29) is 5.41 Å². The third-order valence-electron chi connectivity index (χ3n) is 3.93. The second kappa shape index (κ2) is 7.28. The predicted octanol–water partition coefficient (Wildman–Crippen LogP) is 5.44. The van der Waals surface area contributed by atoms with Crippen LogP contribution in [0, 0.1) is 0 Å². The summed E-state index contributed by atoms with van der Waals surface area (Å²) in [6, 6.07) is 12.1. The topological polar surface area (TPSA) is 77.8 Å². The molecule has 0 radical (unpaired) electrons.